The lowest BCUT2D eigenvalue weighted by Crippen LogP contribution is -2.47. The van der Waals surface area contributed by atoms with E-state index >= 15 is 0 Å². The third-order valence-corrected chi connectivity index (χ3v) is 6.18. The van der Waals surface area contributed by atoms with Crippen molar-refractivity contribution < 1.29 is 23.9 Å². The lowest BCUT2D eigenvalue weighted by Gasteiger charge is -2.26. The molecule has 0 saturated carbocycles. The van der Waals surface area contributed by atoms with Crippen LogP contribution in [0, 0.1) is 19.8 Å². The largest absolute Gasteiger partial charge is 0.467 e. The van der Waals surface area contributed by atoms with Gasteiger partial charge in [0.25, 0.3) is 0 Å². The highest BCUT2D eigenvalue weighted by Gasteiger charge is 2.35. The van der Waals surface area contributed by atoms with Crippen LogP contribution in [-0.2, 0) is 20.7 Å². The van der Waals surface area contributed by atoms with Crippen LogP contribution in [0.3, 0.4) is 0 Å². The number of hydrogen-bond donors (Lipinski definition) is 1. The summed E-state index contributed by atoms with van der Waals surface area (Å²) in [6, 6.07) is 2.49. The summed E-state index contributed by atoms with van der Waals surface area (Å²) in [6.07, 6.45) is 0.140. The van der Waals surface area contributed by atoms with E-state index in [4.69, 9.17) is 4.74 Å². The van der Waals surface area contributed by atoms with Crippen molar-refractivity contribution in [3.63, 3.8) is 0 Å². The van der Waals surface area contributed by atoms with Crippen molar-refractivity contribution in [2.45, 2.75) is 74.8 Å². The summed E-state index contributed by atoms with van der Waals surface area (Å²) >= 11 is 2.06. The SMILES string of the molecule is COC(=O)[C@H](Cc1ccc(C(=O)C(C)(C)C)c(C(=O)C(C)(C)C)c1I)NC(=O)C(C)(C)C. The molecular weight excluding hydrogens is 521 g/mol. The summed E-state index contributed by atoms with van der Waals surface area (Å²) in [5.74, 6) is -1.13. The predicted molar refractivity (Wildman–Crippen MR) is 134 cm³/mol. The standard InChI is InChI=1S/C25H36INO5/c1-23(2,3)19(28)15-12-11-14(18(26)17(15)20(29)24(4,5)6)13-16(21(30)32-10)27-22(31)25(7,8)9/h11-12,16H,13H2,1-10H3,(H,27,31)/t16-/m0/s1. The van der Waals surface area contributed by atoms with E-state index in [1.165, 1.54) is 7.11 Å². The molecule has 0 aromatic heterocycles. The van der Waals surface area contributed by atoms with Crippen molar-refractivity contribution in [2.75, 3.05) is 7.11 Å². The number of carbonyl (C=O) groups excluding carboxylic acids is 4. The minimum atomic E-state index is -0.915. The molecule has 7 heteroatoms. The first-order valence-corrected chi connectivity index (χ1v) is 11.7. The molecular formula is C25H36INO5. The second-order valence-corrected chi connectivity index (χ2v) is 12.2. The number of carbonyl (C=O) groups is 4. The van der Waals surface area contributed by atoms with E-state index in [9.17, 15) is 19.2 Å². The maximum Gasteiger partial charge on any atom is 0.328 e. The first-order chi connectivity index (χ1) is 14.3. The Morgan fingerprint density at radius 2 is 1.38 bits per heavy atom. The zero-order valence-corrected chi connectivity index (χ0v) is 23.0. The molecule has 0 aliphatic rings. The van der Waals surface area contributed by atoms with Gasteiger partial charge in [-0.05, 0) is 28.2 Å². The Hall–Kier alpha value is -1.77. The molecule has 0 heterocycles. The maximum atomic E-state index is 13.4. The molecule has 0 radical (unpaired) electrons. The van der Waals surface area contributed by atoms with Crippen molar-refractivity contribution in [3.8, 4) is 0 Å². The van der Waals surface area contributed by atoms with E-state index in [2.05, 4.69) is 27.9 Å². The minimum Gasteiger partial charge on any atom is -0.467 e. The van der Waals surface area contributed by atoms with Crippen LogP contribution >= 0.6 is 22.6 Å². The average Bonchev–Trinajstić information content (AvgIpc) is 2.64. The molecule has 0 unspecified atom stereocenters. The fraction of sp³-hybridized carbons (Fsp3) is 0.600. The lowest BCUT2D eigenvalue weighted by molar-refractivity contribution is -0.146. The number of ketones is 2. The summed E-state index contributed by atoms with van der Waals surface area (Å²) < 4.78 is 5.51. The monoisotopic (exact) mass is 557 g/mol. The van der Waals surface area contributed by atoms with E-state index in [-0.39, 0.29) is 23.9 Å². The normalized spacial score (nSPS) is 13.3. The Balaban J connectivity index is 3.60. The van der Waals surface area contributed by atoms with Gasteiger partial charge in [-0.1, -0.05) is 74.4 Å². The number of hydrogen-bond acceptors (Lipinski definition) is 5. The topological polar surface area (TPSA) is 89.5 Å². The highest BCUT2D eigenvalue weighted by Crippen LogP contribution is 2.33. The quantitative estimate of drug-likeness (QED) is 0.302. The highest BCUT2D eigenvalue weighted by molar-refractivity contribution is 14.1. The molecule has 0 saturated heterocycles. The summed E-state index contributed by atoms with van der Waals surface area (Å²) in [6.45, 7) is 16.2. The fourth-order valence-electron chi connectivity index (χ4n) is 2.90. The van der Waals surface area contributed by atoms with Crippen LogP contribution in [0.2, 0.25) is 0 Å². The molecule has 0 bridgehead atoms. The number of nitrogens with one attached hydrogen (secondary N) is 1. The smallest absolute Gasteiger partial charge is 0.328 e. The second-order valence-electron chi connectivity index (χ2n) is 11.1. The van der Waals surface area contributed by atoms with Gasteiger partial charge in [0, 0.05) is 37.4 Å². The molecule has 1 amide bonds. The molecule has 1 aromatic carbocycles. The molecule has 1 atom stereocenters. The van der Waals surface area contributed by atoms with Gasteiger partial charge in [0.15, 0.2) is 11.6 Å². The van der Waals surface area contributed by atoms with Gasteiger partial charge in [-0.15, -0.1) is 0 Å². The second kappa shape index (κ2) is 10.0. The summed E-state index contributed by atoms with van der Waals surface area (Å²) in [5.41, 5.74) is -0.621. The molecule has 0 fully saturated rings. The predicted octanol–water partition coefficient (Wildman–Crippen LogP) is 5.00. The summed E-state index contributed by atoms with van der Waals surface area (Å²) in [5, 5.41) is 2.76. The Kier molecular flexibility index (Phi) is 8.84. The number of Topliss-reactive ketones (excluding diaryl/α,β-unsaturated/α-hetero) is 2. The van der Waals surface area contributed by atoms with E-state index in [0.717, 1.165) is 0 Å². The van der Waals surface area contributed by atoms with Crippen molar-refractivity contribution in [3.05, 3.63) is 32.4 Å². The van der Waals surface area contributed by atoms with Gasteiger partial charge < -0.3 is 10.1 Å². The van der Waals surface area contributed by atoms with Gasteiger partial charge in [0.2, 0.25) is 5.91 Å². The van der Waals surface area contributed by atoms with Crippen molar-refractivity contribution >= 4 is 46.0 Å². The van der Waals surface area contributed by atoms with Crippen molar-refractivity contribution in [1.82, 2.24) is 5.32 Å². The minimum absolute atomic E-state index is 0.125. The third-order valence-electron chi connectivity index (χ3n) is 4.95. The third kappa shape index (κ3) is 6.86. The van der Waals surface area contributed by atoms with Crippen molar-refractivity contribution in [1.29, 1.82) is 0 Å². The number of ether oxygens (including phenoxy) is 1. The van der Waals surface area contributed by atoms with Gasteiger partial charge in [0.1, 0.15) is 6.04 Å². The van der Waals surface area contributed by atoms with Crippen LogP contribution in [0.25, 0.3) is 0 Å². The van der Waals surface area contributed by atoms with Crippen LogP contribution in [0.5, 0.6) is 0 Å². The van der Waals surface area contributed by atoms with Crippen LogP contribution in [0.4, 0.5) is 0 Å². The van der Waals surface area contributed by atoms with Gasteiger partial charge in [-0.3, -0.25) is 14.4 Å². The molecule has 0 aliphatic carbocycles. The molecule has 1 aromatic rings. The number of rotatable bonds is 6. The summed E-state index contributed by atoms with van der Waals surface area (Å²) in [4.78, 5) is 51.4. The van der Waals surface area contributed by atoms with Crippen molar-refractivity contribution in [2.24, 2.45) is 16.2 Å². The van der Waals surface area contributed by atoms with E-state index in [0.29, 0.717) is 20.3 Å². The van der Waals surface area contributed by atoms with Gasteiger partial charge >= 0.3 is 5.97 Å². The Morgan fingerprint density at radius 3 is 1.78 bits per heavy atom. The Labute approximate surface area is 205 Å². The van der Waals surface area contributed by atoms with Gasteiger partial charge in [-0.25, -0.2) is 4.79 Å². The van der Waals surface area contributed by atoms with Crippen LogP contribution in [-0.4, -0.2) is 36.6 Å². The maximum absolute atomic E-state index is 13.4. The fourth-order valence-corrected chi connectivity index (χ4v) is 3.83. The molecule has 32 heavy (non-hydrogen) atoms. The zero-order valence-electron chi connectivity index (χ0n) is 20.9. The van der Waals surface area contributed by atoms with E-state index in [1.54, 1.807) is 32.9 Å². The van der Waals surface area contributed by atoms with Crippen LogP contribution < -0.4 is 5.32 Å². The lowest BCUT2D eigenvalue weighted by atomic mass is 9.78. The molecule has 1 rings (SSSR count). The summed E-state index contributed by atoms with van der Waals surface area (Å²) in [7, 11) is 1.27. The first kappa shape index (κ1) is 28.3. The number of methoxy groups -OCH3 is 1. The number of amides is 1. The van der Waals surface area contributed by atoms with Gasteiger partial charge in [-0.2, -0.15) is 0 Å². The number of esters is 1. The molecule has 178 valence electrons. The number of benzene rings is 1. The van der Waals surface area contributed by atoms with Crippen LogP contribution in [0.15, 0.2) is 12.1 Å². The van der Waals surface area contributed by atoms with Gasteiger partial charge in [0.05, 0.1) is 7.11 Å². The highest BCUT2D eigenvalue weighted by atomic mass is 127. The molecule has 1 N–H and O–H groups in total. The first-order valence-electron chi connectivity index (χ1n) is 10.6. The van der Waals surface area contributed by atoms with E-state index < -0.39 is 28.3 Å². The average molecular weight is 557 g/mol. The Bertz CT molecular complexity index is 914. The zero-order chi connectivity index (χ0) is 25.2. The van der Waals surface area contributed by atoms with E-state index in [1.807, 2.05) is 41.5 Å². The molecule has 0 aliphatic heterocycles. The van der Waals surface area contributed by atoms with Crippen LogP contribution in [0.1, 0.15) is 88.6 Å². The molecule has 6 nitrogen and oxygen atoms in total. The number of halogens is 1. The molecule has 0 spiro atoms. The Morgan fingerprint density at radius 1 is 0.875 bits per heavy atom.